The van der Waals surface area contributed by atoms with Crippen LogP contribution in [0.25, 0.3) is 0 Å². The van der Waals surface area contributed by atoms with Crippen LogP contribution in [0.1, 0.15) is 71.5 Å². The van der Waals surface area contributed by atoms with E-state index in [1.807, 2.05) is 55.5 Å². The molecule has 0 aromatic heterocycles. The average Bonchev–Trinajstić information content (AvgIpc) is 3.19. The fourth-order valence-electron chi connectivity index (χ4n) is 5.22. The molecule has 0 saturated heterocycles. The van der Waals surface area contributed by atoms with Gasteiger partial charge in [0.05, 0.1) is 26.1 Å². The van der Waals surface area contributed by atoms with Crippen molar-refractivity contribution in [1.29, 1.82) is 0 Å². The van der Waals surface area contributed by atoms with Crippen LogP contribution in [0.2, 0.25) is 5.02 Å². The van der Waals surface area contributed by atoms with Crippen molar-refractivity contribution in [3.8, 4) is 5.75 Å². The monoisotopic (exact) mass is 490 g/mol. The Morgan fingerprint density at radius 1 is 0.971 bits per heavy atom. The van der Waals surface area contributed by atoms with Gasteiger partial charge >= 0.3 is 5.97 Å². The fourth-order valence-corrected chi connectivity index (χ4v) is 5.35. The third kappa shape index (κ3) is 5.43. The predicted molar refractivity (Wildman–Crippen MR) is 138 cm³/mol. The number of ether oxygens (including phenoxy) is 2. The molecule has 0 spiro atoms. The number of benzene rings is 3. The van der Waals surface area contributed by atoms with Gasteiger partial charge in [-0.3, -0.25) is 9.59 Å². The van der Waals surface area contributed by atoms with E-state index in [0.717, 1.165) is 23.1 Å². The van der Waals surface area contributed by atoms with Crippen molar-refractivity contribution in [1.82, 2.24) is 0 Å². The van der Waals surface area contributed by atoms with Gasteiger partial charge in [-0.1, -0.05) is 68.3 Å². The van der Waals surface area contributed by atoms with Crippen LogP contribution >= 0.6 is 11.6 Å². The van der Waals surface area contributed by atoms with Crippen LogP contribution < -0.4 is 4.74 Å². The molecule has 0 aliphatic heterocycles. The van der Waals surface area contributed by atoms with Gasteiger partial charge < -0.3 is 9.47 Å². The Morgan fingerprint density at radius 2 is 1.69 bits per heavy atom. The number of carbonyl (C=O) groups excluding carboxylic acids is 2. The Balaban J connectivity index is 1.57. The molecule has 4 rings (SSSR count). The molecule has 5 heteroatoms. The number of carbonyl (C=O) groups is 2. The van der Waals surface area contributed by atoms with Gasteiger partial charge in [0.2, 0.25) is 0 Å². The van der Waals surface area contributed by atoms with Crippen molar-refractivity contribution >= 4 is 23.4 Å². The summed E-state index contributed by atoms with van der Waals surface area (Å²) in [4.78, 5) is 26.6. The molecule has 0 fully saturated rings. The molecule has 3 aromatic rings. The molecular formula is C30H31ClO4. The number of halogens is 1. The zero-order valence-corrected chi connectivity index (χ0v) is 21.1. The summed E-state index contributed by atoms with van der Waals surface area (Å²) in [7, 11) is 1.62. The first-order valence-corrected chi connectivity index (χ1v) is 12.5. The van der Waals surface area contributed by atoms with Crippen molar-refractivity contribution in [2.24, 2.45) is 5.92 Å². The maximum atomic E-state index is 13.7. The largest absolute Gasteiger partial charge is 0.497 e. The Morgan fingerprint density at radius 3 is 2.34 bits per heavy atom. The second kappa shape index (κ2) is 11.1. The summed E-state index contributed by atoms with van der Waals surface area (Å²) in [6, 6.07) is 22.9. The van der Waals surface area contributed by atoms with Crippen LogP contribution in [0.3, 0.4) is 0 Å². The van der Waals surface area contributed by atoms with Gasteiger partial charge in [0.15, 0.2) is 5.78 Å². The lowest BCUT2D eigenvalue weighted by Crippen LogP contribution is -2.22. The van der Waals surface area contributed by atoms with Crippen LogP contribution in [-0.4, -0.2) is 25.5 Å². The minimum atomic E-state index is -0.330. The number of ketones is 1. The summed E-state index contributed by atoms with van der Waals surface area (Å²) in [5.41, 5.74) is 3.72. The smallest absolute Gasteiger partial charge is 0.306 e. The number of hydrogen-bond acceptors (Lipinski definition) is 4. The normalized spacial score (nSPS) is 19.6. The van der Waals surface area contributed by atoms with E-state index in [9.17, 15) is 9.59 Å². The second-order valence-corrected chi connectivity index (χ2v) is 9.66. The highest BCUT2D eigenvalue weighted by atomic mass is 35.5. The van der Waals surface area contributed by atoms with E-state index >= 15 is 0 Å². The molecule has 0 saturated carbocycles. The van der Waals surface area contributed by atoms with Gasteiger partial charge in [-0.15, -0.1) is 0 Å². The number of methoxy groups -OCH3 is 1. The van der Waals surface area contributed by atoms with Crippen LogP contribution in [0, 0.1) is 5.92 Å². The molecule has 182 valence electrons. The highest BCUT2D eigenvalue weighted by Gasteiger charge is 2.44. The van der Waals surface area contributed by atoms with Crippen molar-refractivity contribution < 1.29 is 19.1 Å². The van der Waals surface area contributed by atoms with E-state index in [1.54, 1.807) is 31.4 Å². The van der Waals surface area contributed by atoms with Gasteiger partial charge in [0.1, 0.15) is 5.75 Å². The molecule has 0 radical (unpaired) electrons. The Labute approximate surface area is 212 Å². The molecule has 4 atom stereocenters. The summed E-state index contributed by atoms with van der Waals surface area (Å²) < 4.78 is 11.2. The third-order valence-corrected chi connectivity index (χ3v) is 7.36. The maximum absolute atomic E-state index is 13.7. The first kappa shape index (κ1) is 25.0. The molecule has 35 heavy (non-hydrogen) atoms. The van der Waals surface area contributed by atoms with Crippen LogP contribution in [0.5, 0.6) is 5.75 Å². The average molecular weight is 491 g/mol. The lowest BCUT2D eigenvalue weighted by molar-refractivity contribution is -0.144. The number of fused-ring (bicyclic) bond motifs is 1. The van der Waals surface area contributed by atoms with Crippen molar-refractivity contribution in [2.75, 3.05) is 13.7 Å². The summed E-state index contributed by atoms with van der Waals surface area (Å²) in [6.45, 7) is 4.45. The van der Waals surface area contributed by atoms with E-state index < -0.39 is 0 Å². The molecule has 1 aliphatic rings. The molecule has 1 aliphatic carbocycles. The second-order valence-electron chi connectivity index (χ2n) is 9.22. The van der Waals surface area contributed by atoms with Crippen LogP contribution in [0.15, 0.2) is 72.8 Å². The SMILES string of the molecule is CCC1C(CC(=O)OCC(C)c2ccccc2)c2cc(OC)ccc2C1C(=O)c1ccc(Cl)cc1. The highest BCUT2D eigenvalue weighted by molar-refractivity contribution is 6.30. The minimum Gasteiger partial charge on any atom is -0.497 e. The quantitative estimate of drug-likeness (QED) is 0.235. The molecule has 0 heterocycles. The van der Waals surface area contributed by atoms with E-state index in [0.29, 0.717) is 22.9 Å². The lowest BCUT2D eigenvalue weighted by atomic mass is 9.79. The minimum absolute atomic E-state index is 0.0145. The van der Waals surface area contributed by atoms with Crippen molar-refractivity contribution in [3.05, 3.63) is 100 Å². The topological polar surface area (TPSA) is 52.6 Å². The molecule has 0 N–H and O–H groups in total. The van der Waals surface area contributed by atoms with Gasteiger partial charge in [0, 0.05) is 16.5 Å². The van der Waals surface area contributed by atoms with Gasteiger partial charge in [-0.2, -0.15) is 0 Å². The Kier molecular flexibility index (Phi) is 7.92. The zero-order valence-electron chi connectivity index (χ0n) is 20.4. The molecule has 0 bridgehead atoms. The number of Topliss-reactive ketones (excluding diaryl/α,β-unsaturated/α-hetero) is 1. The molecular weight excluding hydrogens is 460 g/mol. The van der Waals surface area contributed by atoms with E-state index in [-0.39, 0.29) is 41.8 Å². The lowest BCUT2D eigenvalue weighted by Gasteiger charge is -2.23. The first-order valence-electron chi connectivity index (χ1n) is 12.1. The summed E-state index contributed by atoms with van der Waals surface area (Å²) in [5, 5.41) is 0.593. The third-order valence-electron chi connectivity index (χ3n) is 7.11. The van der Waals surface area contributed by atoms with Gasteiger partial charge in [0.25, 0.3) is 0 Å². The zero-order chi connectivity index (χ0) is 24.9. The first-order chi connectivity index (χ1) is 16.9. The summed E-state index contributed by atoms with van der Waals surface area (Å²) in [6.07, 6.45) is 0.990. The van der Waals surface area contributed by atoms with Crippen molar-refractivity contribution in [2.45, 2.75) is 44.4 Å². The molecule has 4 nitrogen and oxygen atoms in total. The molecule has 0 amide bonds. The van der Waals surface area contributed by atoms with E-state index in [2.05, 4.69) is 6.92 Å². The molecule has 3 aromatic carbocycles. The maximum Gasteiger partial charge on any atom is 0.306 e. The predicted octanol–water partition coefficient (Wildman–Crippen LogP) is 7.18. The van der Waals surface area contributed by atoms with Crippen molar-refractivity contribution in [3.63, 3.8) is 0 Å². The van der Waals surface area contributed by atoms with E-state index in [1.165, 1.54) is 0 Å². The van der Waals surface area contributed by atoms with Crippen LogP contribution in [-0.2, 0) is 9.53 Å². The summed E-state index contributed by atoms with van der Waals surface area (Å²) >= 11 is 6.04. The highest BCUT2D eigenvalue weighted by Crippen LogP contribution is 2.52. The number of hydrogen-bond donors (Lipinski definition) is 0. The Hall–Kier alpha value is -3.11. The van der Waals surface area contributed by atoms with Crippen LogP contribution in [0.4, 0.5) is 0 Å². The van der Waals surface area contributed by atoms with Gasteiger partial charge in [-0.05, 0) is 64.9 Å². The van der Waals surface area contributed by atoms with Gasteiger partial charge in [-0.25, -0.2) is 0 Å². The standard InChI is InChI=1S/C30H31ClO4/c1-4-24-27(17-28(32)35-18-19(2)20-8-6-5-7-9-20)26-16-23(34-3)14-15-25(26)29(24)30(33)21-10-12-22(31)13-11-21/h5-16,19,24,27,29H,4,17-18H2,1-3H3. The fraction of sp³-hybridized carbons (Fsp3) is 0.333. The number of rotatable bonds is 9. The number of esters is 1. The Bertz CT molecular complexity index is 1170. The summed E-state index contributed by atoms with van der Waals surface area (Å²) in [5.74, 6) is 0.165. The van der Waals surface area contributed by atoms with E-state index in [4.69, 9.17) is 21.1 Å². The molecule has 4 unspecified atom stereocenters.